The van der Waals surface area contributed by atoms with Gasteiger partial charge in [0.1, 0.15) is 6.54 Å². The molecule has 1 saturated heterocycles. The molecule has 0 saturated carbocycles. The highest BCUT2D eigenvalue weighted by Gasteiger charge is 2.33. The summed E-state index contributed by atoms with van der Waals surface area (Å²) in [6.07, 6.45) is -9.83. The van der Waals surface area contributed by atoms with E-state index in [1.165, 1.54) is 24.3 Å². The van der Waals surface area contributed by atoms with Gasteiger partial charge in [-0.1, -0.05) is 0 Å². The number of rotatable bonds is 5. The summed E-state index contributed by atoms with van der Waals surface area (Å²) >= 11 is 0. The number of hydrogen-bond donors (Lipinski definition) is 2. The Morgan fingerprint density at radius 3 is 2.06 bits per heavy atom. The fraction of sp³-hybridized carbons (Fsp3) is 0.500. The highest BCUT2D eigenvalue weighted by atomic mass is 19.4. The van der Waals surface area contributed by atoms with Crippen LogP contribution < -0.4 is 10.6 Å². The quantitative estimate of drug-likeness (QED) is 0.667. The van der Waals surface area contributed by atoms with Gasteiger partial charge in [-0.15, -0.1) is 0 Å². The van der Waals surface area contributed by atoms with Crippen LogP contribution in [0.2, 0.25) is 0 Å². The average Bonchev–Trinajstić information content (AvgIpc) is 2.69. The van der Waals surface area contributed by atoms with Crippen LogP contribution in [0.25, 0.3) is 0 Å². The second kappa shape index (κ2) is 9.88. The van der Waals surface area contributed by atoms with Gasteiger partial charge in [0.25, 0.3) is 5.91 Å². The minimum absolute atomic E-state index is 0.0204. The summed E-state index contributed by atoms with van der Waals surface area (Å²) in [5, 5.41) is 4.31. The standard InChI is InChI=1S/C18H19F6N3O4/c19-17(20,21)9-25-14(28)11-1-3-13(4-2-11)26-15(29)12-5-7-27(8-6-12)16(30)31-10-18(22,23)24/h1-4,12H,5-10H2,(H,25,28)(H,26,29). The van der Waals surface area contributed by atoms with Crippen LogP contribution in [0.1, 0.15) is 23.2 Å². The Bertz CT molecular complexity index is 787. The van der Waals surface area contributed by atoms with E-state index < -0.39 is 49.3 Å². The molecule has 1 heterocycles. The minimum atomic E-state index is -4.62. The predicted octanol–water partition coefficient (Wildman–Crippen LogP) is 3.33. The molecule has 1 aromatic rings. The zero-order chi connectivity index (χ0) is 23.2. The lowest BCUT2D eigenvalue weighted by Crippen LogP contribution is -2.42. The second-order valence-electron chi connectivity index (χ2n) is 6.80. The van der Waals surface area contributed by atoms with Crippen molar-refractivity contribution < 1.29 is 45.5 Å². The number of benzene rings is 1. The number of alkyl halides is 6. The van der Waals surface area contributed by atoms with Crippen molar-refractivity contribution in [2.24, 2.45) is 5.92 Å². The second-order valence-corrected chi connectivity index (χ2v) is 6.80. The Kier molecular flexibility index (Phi) is 7.74. The molecule has 172 valence electrons. The number of hydrogen-bond acceptors (Lipinski definition) is 4. The van der Waals surface area contributed by atoms with Gasteiger partial charge < -0.3 is 20.3 Å². The van der Waals surface area contributed by atoms with Gasteiger partial charge in [-0.05, 0) is 37.1 Å². The molecule has 2 rings (SSSR count). The first-order valence-electron chi connectivity index (χ1n) is 9.08. The first-order valence-corrected chi connectivity index (χ1v) is 9.08. The number of amides is 3. The summed E-state index contributed by atoms with van der Waals surface area (Å²) in [6, 6.07) is 5.20. The van der Waals surface area contributed by atoms with Crippen molar-refractivity contribution in [1.82, 2.24) is 10.2 Å². The normalized spacial score (nSPS) is 15.4. The molecule has 0 atom stereocenters. The van der Waals surface area contributed by atoms with Crippen molar-refractivity contribution in [1.29, 1.82) is 0 Å². The lowest BCUT2D eigenvalue weighted by atomic mass is 9.96. The van der Waals surface area contributed by atoms with Crippen LogP contribution in [0, 0.1) is 5.92 Å². The largest absolute Gasteiger partial charge is 0.440 e. The van der Waals surface area contributed by atoms with Crippen molar-refractivity contribution in [2.45, 2.75) is 25.2 Å². The number of piperidine rings is 1. The third-order valence-corrected chi connectivity index (χ3v) is 4.35. The highest BCUT2D eigenvalue weighted by Crippen LogP contribution is 2.22. The number of ether oxygens (including phenoxy) is 1. The van der Waals surface area contributed by atoms with Gasteiger partial charge in [-0.2, -0.15) is 26.3 Å². The summed E-state index contributed by atoms with van der Waals surface area (Å²) in [5.41, 5.74) is 0.289. The van der Waals surface area contributed by atoms with E-state index in [0.717, 1.165) is 4.90 Å². The SMILES string of the molecule is O=C(NCC(F)(F)F)c1ccc(NC(=O)C2CCN(C(=O)OCC(F)(F)F)CC2)cc1. The number of halogens is 6. The van der Waals surface area contributed by atoms with E-state index in [0.29, 0.717) is 5.69 Å². The molecule has 7 nitrogen and oxygen atoms in total. The van der Waals surface area contributed by atoms with Crippen LogP contribution in [0.3, 0.4) is 0 Å². The van der Waals surface area contributed by atoms with Crippen LogP contribution in [0.15, 0.2) is 24.3 Å². The molecule has 0 unspecified atom stereocenters. The minimum Gasteiger partial charge on any atom is -0.440 e. The Hall–Kier alpha value is -2.99. The van der Waals surface area contributed by atoms with E-state index in [1.807, 2.05) is 0 Å². The van der Waals surface area contributed by atoms with Crippen LogP contribution in [0.5, 0.6) is 0 Å². The topological polar surface area (TPSA) is 87.7 Å². The van der Waals surface area contributed by atoms with Crippen molar-refractivity contribution in [2.75, 3.05) is 31.6 Å². The summed E-state index contributed by atoms with van der Waals surface area (Å²) in [7, 11) is 0. The van der Waals surface area contributed by atoms with Gasteiger partial charge in [-0.25, -0.2) is 4.79 Å². The molecule has 0 aliphatic carbocycles. The number of carbonyl (C=O) groups is 3. The van der Waals surface area contributed by atoms with Crippen LogP contribution in [-0.4, -0.2) is 61.4 Å². The summed E-state index contributed by atoms with van der Waals surface area (Å²) in [5.74, 6) is -1.81. The van der Waals surface area contributed by atoms with Gasteiger partial charge in [0.2, 0.25) is 5.91 Å². The van der Waals surface area contributed by atoms with Gasteiger partial charge in [0, 0.05) is 30.3 Å². The molecule has 0 spiro atoms. The smallest absolute Gasteiger partial charge is 0.422 e. The van der Waals surface area contributed by atoms with Crippen molar-refractivity contribution >= 4 is 23.6 Å². The Balaban J connectivity index is 1.80. The fourth-order valence-corrected chi connectivity index (χ4v) is 2.79. The maximum atomic E-state index is 12.3. The molecule has 1 aromatic carbocycles. The molecule has 0 bridgehead atoms. The molecule has 13 heteroatoms. The first kappa shape index (κ1) is 24.3. The van der Waals surface area contributed by atoms with E-state index in [2.05, 4.69) is 10.1 Å². The molecule has 1 aliphatic rings. The van der Waals surface area contributed by atoms with E-state index >= 15 is 0 Å². The predicted molar refractivity (Wildman–Crippen MR) is 95.2 cm³/mol. The third-order valence-electron chi connectivity index (χ3n) is 4.35. The Labute approximate surface area is 172 Å². The van der Waals surface area contributed by atoms with Crippen molar-refractivity contribution in [3.8, 4) is 0 Å². The van der Waals surface area contributed by atoms with Crippen molar-refractivity contribution in [3.63, 3.8) is 0 Å². The zero-order valence-corrected chi connectivity index (χ0v) is 16.0. The molecule has 0 radical (unpaired) electrons. The van der Waals surface area contributed by atoms with E-state index in [9.17, 15) is 40.7 Å². The third kappa shape index (κ3) is 8.34. The van der Waals surface area contributed by atoms with Crippen LogP contribution in [0.4, 0.5) is 36.8 Å². The molecule has 1 fully saturated rings. The molecule has 2 N–H and O–H groups in total. The summed E-state index contributed by atoms with van der Waals surface area (Å²) in [6.45, 7) is -3.05. The zero-order valence-electron chi connectivity index (χ0n) is 16.0. The molecule has 31 heavy (non-hydrogen) atoms. The van der Waals surface area contributed by atoms with Crippen LogP contribution >= 0.6 is 0 Å². The highest BCUT2D eigenvalue weighted by molar-refractivity contribution is 5.96. The molecular weight excluding hydrogens is 436 g/mol. The maximum absolute atomic E-state index is 12.3. The van der Waals surface area contributed by atoms with Gasteiger partial charge >= 0.3 is 18.4 Å². The number of nitrogens with one attached hydrogen (secondary N) is 2. The monoisotopic (exact) mass is 455 g/mol. The molecule has 1 aliphatic heterocycles. The van der Waals surface area contributed by atoms with Crippen LogP contribution in [-0.2, 0) is 9.53 Å². The Morgan fingerprint density at radius 1 is 0.968 bits per heavy atom. The number of nitrogens with zero attached hydrogens (tertiary/aromatic N) is 1. The first-order chi connectivity index (χ1) is 14.3. The van der Waals surface area contributed by atoms with E-state index in [4.69, 9.17) is 0 Å². The van der Waals surface area contributed by atoms with Gasteiger partial charge in [0.15, 0.2) is 6.61 Å². The molecular formula is C18H19F6N3O4. The Morgan fingerprint density at radius 2 is 1.55 bits per heavy atom. The molecule has 0 aromatic heterocycles. The average molecular weight is 455 g/mol. The van der Waals surface area contributed by atoms with Gasteiger partial charge in [-0.3, -0.25) is 9.59 Å². The lowest BCUT2D eigenvalue weighted by Gasteiger charge is -2.30. The summed E-state index contributed by atoms with van der Waals surface area (Å²) in [4.78, 5) is 36.7. The van der Waals surface area contributed by atoms with Crippen molar-refractivity contribution in [3.05, 3.63) is 29.8 Å². The molecule has 3 amide bonds. The number of anilines is 1. The van der Waals surface area contributed by atoms with E-state index in [-0.39, 0.29) is 31.5 Å². The number of likely N-dealkylation sites (tertiary alicyclic amines) is 1. The van der Waals surface area contributed by atoms with E-state index in [1.54, 1.807) is 5.32 Å². The number of carbonyl (C=O) groups excluding carboxylic acids is 3. The van der Waals surface area contributed by atoms with Gasteiger partial charge in [0.05, 0.1) is 0 Å². The maximum Gasteiger partial charge on any atom is 0.422 e. The fourth-order valence-electron chi connectivity index (χ4n) is 2.79. The summed E-state index contributed by atoms with van der Waals surface area (Å²) < 4.78 is 76.9. The lowest BCUT2D eigenvalue weighted by molar-refractivity contribution is -0.162.